The Hall–Kier alpha value is -3.38. The maximum Gasteiger partial charge on any atom is 0.337 e. The molecule has 0 spiro atoms. The molecular formula is C27H29N3O3. The van der Waals surface area contributed by atoms with Crippen LogP contribution in [0.25, 0.3) is 11.1 Å². The van der Waals surface area contributed by atoms with E-state index in [9.17, 15) is 9.90 Å². The second-order valence-corrected chi connectivity index (χ2v) is 9.01. The van der Waals surface area contributed by atoms with E-state index in [-0.39, 0.29) is 11.6 Å². The number of benzene rings is 2. The fourth-order valence-corrected chi connectivity index (χ4v) is 4.49. The standard InChI is InChI=1S/C27H29N3O3/c1-17-12-21(33-16-18-2-3-18)5-7-22(17)19-4-6-23-20(13-19)8-11-29-26(23)15-30-25-14-28-10-9-24(25)27(31)32/h4-7,9-10,12-14,18,26,29-30H,2-3,8,11,15-16H2,1H3,(H,31,32)/t26-/m0/s1. The predicted octanol–water partition coefficient (Wildman–Crippen LogP) is 4.84. The minimum absolute atomic E-state index is 0.101. The van der Waals surface area contributed by atoms with Gasteiger partial charge in [0.15, 0.2) is 0 Å². The number of anilines is 1. The lowest BCUT2D eigenvalue weighted by Crippen LogP contribution is -2.34. The van der Waals surface area contributed by atoms with Crippen molar-refractivity contribution < 1.29 is 14.6 Å². The van der Waals surface area contributed by atoms with Gasteiger partial charge in [-0.25, -0.2) is 4.79 Å². The molecule has 1 aliphatic carbocycles. The molecule has 1 saturated carbocycles. The van der Waals surface area contributed by atoms with Crippen molar-refractivity contribution in [1.29, 1.82) is 0 Å². The molecule has 1 aliphatic heterocycles. The third-order valence-electron chi connectivity index (χ3n) is 6.54. The molecular weight excluding hydrogens is 414 g/mol. The topological polar surface area (TPSA) is 83.5 Å². The maximum atomic E-state index is 11.5. The first kappa shape index (κ1) is 21.5. The van der Waals surface area contributed by atoms with Crippen LogP contribution in [0, 0.1) is 12.8 Å². The zero-order chi connectivity index (χ0) is 22.8. The van der Waals surface area contributed by atoms with Crippen LogP contribution in [-0.4, -0.2) is 35.8 Å². The van der Waals surface area contributed by atoms with Gasteiger partial charge in [-0.1, -0.05) is 24.3 Å². The number of carbonyl (C=O) groups is 1. The average molecular weight is 444 g/mol. The molecule has 5 rings (SSSR count). The molecule has 2 aliphatic rings. The number of hydrogen-bond donors (Lipinski definition) is 3. The summed E-state index contributed by atoms with van der Waals surface area (Å²) in [5.41, 5.74) is 7.01. The summed E-state index contributed by atoms with van der Waals surface area (Å²) in [6.45, 7) is 4.44. The van der Waals surface area contributed by atoms with Gasteiger partial charge in [-0.2, -0.15) is 0 Å². The molecule has 0 unspecified atom stereocenters. The quantitative estimate of drug-likeness (QED) is 0.462. The fourth-order valence-electron chi connectivity index (χ4n) is 4.49. The zero-order valence-corrected chi connectivity index (χ0v) is 18.8. The van der Waals surface area contributed by atoms with E-state index in [0.717, 1.165) is 31.2 Å². The zero-order valence-electron chi connectivity index (χ0n) is 18.8. The van der Waals surface area contributed by atoms with Crippen LogP contribution >= 0.6 is 0 Å². The Morgan fingerprint density at radius 2 is 2.09 bits per heavy atom. The van der Waals surface area contributed by atoms with Gasteiger partial charge in [-0.15, -0.1) is 0 Å². The number of aryl methyl sites for hydroxylation is 1. The molecule has 3 N–H and O–H groups in total. The minimum Gasteiger partial charge on any atom is -0.493 e. The van der Waals surface area contributed by atoms with Crippen LogP contribution in [0.1, 0.15) is 45.9 Å². The van der Waals surface area contributed by atoms with E-state index in [2.05, 4.69) is 58.9 Å². The summed E-state index contributed by atoms with van der Waals surface area (Å²) in [6.07, 6.45) is 6.62. The van der Waals surface area contributed by atoms with Crippen LogP contribution in [-0.2, 0) is 6.42 Å². The molecule has 170 valence electrons. The van der Waals surface area contributed by atoms with E-state index in [1.54, 1.807) is 6.20 Å². The highest BCUT2D eigenvalue weighted by Gasteiger charge is 2.23. The lowest BCUT2D eigenvalue weighted by Gasteiger charge is -2.28. The van der Waals surface area contributed by atoms with Crippen molar-refractivity contribution in [3.63, 3.8) is 0 Å². The number of fused-ring (bicyclic) bond motifs is 1. The highest BCUT2D eigenvalue weighted by molar-refractivity contribution is 5.93. The van der Waals surface area contributed by atoms with Crippen molar-refractivity contribution in [2.75, 3.05) is 25.0 Å². The van der Waals surface area contributed by atoms with Gasteiger partial charge in [0.25, 0.3) is 0 Å². The second kappa shape index (κ2) is 9.24. The summed E-state index contributed by atoms with van der Waals surface area (Å²) in [5, 5.41) is 16.2. The Labute approximate surface area is 194 Å². The molecule has 1 aromatic heterocycles. The van der Waals surface area contributed by atoms with Gasteiger partial charge in [0.05, 0.1) is 24.1 Å². The molecule has 6 heteroatoms. The molecule has 2 heterocycles. The predicted molar refractivity (Wildman–Crippen MR) is 129 cm³/mol. The van der Waals surface area contributed by atoms with Gasteiger partial charge in [0.1, 0.15) is 5.75 Å². The lowest BCUT2D eigenvalue weighted by atomic mass is 9.89. The normalized spacial score (nSPS) is 17.3. The summed E-state index contributed by atoms with van der Waals surface area (Å²) in [6, 6.07) is 14.7. The van der Waals surface area contributed by atoms with Crippen LogP contribution < -0.4 is 15.4 Å². The number of aromatic carboxylic acids is 1. The number of nitrogens with zero attached hydrogens (tertiary/aromatic N) is 1. The average Bonchev–Trinajstić information content (AvgIpc) is 3.66. The first-order valence-electron chi connectivity index (χ1n) is 11.6. The van der Waals surface area contributed by atoms with Gasteiger partial charge in [0.2, 0.25) is 0 Å². The first-order chi connectivity index (χ1) is 16.1. The van der Waals surface area contributed by atoms with Crippen molar-refractivity contribution in [2.24, 2.45) is 5.92 Å². The molecule has 6 nitrogen and oxygen atoms in total. The first-order valence-corrected chi connectivity index (χ1v) is 11.6. The smallest absolute Gasteiger partial charge is 0.337 e. The summed E-state index contributed by atoms with van der Waals surface area (Å²) in [7, 11) is 0. The molecule has 0 saturated heterocycles. The summed E-state index contributed by atoms with van der Waals surface area (Å²) < 4.78 is 5.94. The van der Waals surface area contributed by atoms with E-state index >= 15 is 0 Å². The van der Waals surface area contributed by atoms with Gasteiger partial charge in [-0.3, -0.25) is 4.98 Å². The monoisotopic (exact) mass is 443 g/mol. The summed E-state index contributed by atoms with van der Waals surface area (Å²) >= 11 is 0. The molecule has 0 radical (unpaired) electrons. The summed E-state index contributed by atoms with van der Waals surface area (Å²) in [4.78, 5) is 15.5. The van der Waals surface area contributed by atoms with Crippen molar-refractivity contribution in [1.82, 2.24) is 10.3 Å². The maximum absolute atomic E-state index is 11.5. The number of aromatic nitrogens is 1. The molecule has 2 aromatic carbocycles. The number of carboxylic acids is 1. The Bertz CT molecular complexity index is 1170. The molecule has 1 fully saturated rings. The third kappa shape index (κ3) is 4.86. The van der Waals surface area contributed by atoms with Crippen molar-refractivity contribution in [3.05, 3.63) is 77.1 Å². The van der Waals surface area contributed by atoms with E-state index in [0.29, 0.717) is 12.2 Å². The van der Waals surface area contributed by atoms with Crippen LogP contribution in [0.3, 0.4) is 0 Å². The Morgan fingerprint density at radius 3 is 2.88 bits per heavy atom. The van der Waals surface area contributed by atoms with Crippen molar-refractivity contribution in [3.8, 4) is 16.9 Å². The largest absolute Gasteiger partial charge is 0.493 e. The van der Waals surface area contributed by atoms with E-state index < -0.39 is 5.97 Å². The van der Waals surface area contributed by atoms with Gasteiger partial charge in [-0.05, 0) is 84.7 Å². The summed E-state index contributed by atoms with van der Waals surface area (Å²) in [5.74, 6) is 0.740. The number of ether oxygens (including phenoxy) is 1. The molecule has 1 atom stereocenters. The molecule has 33 heavy (non-hydrogen) atoms. The van der Waals surface area contributed by atoms with Crippen LogP contribution in [0.2, 0.25) is 0 Å². The van der Waals surface area contributed by atoms with Crippen molar-refractivity contribution in [2.45, 2.75) is 32.2 Å². The van der Waals surface area contributed by atoms with Gasteiger partial charge in [0, 0.05) is 18.8 Å². The SMILES string of the molecule is Cc1cc(OCC2CC2)ccc1-c1ccc2c(c1)CCN[C@H]2CNc1cnccc1C(=O)O. The van der Waals surface area contributed by atoms with Crippen molar-refractivity contribution >= 4 is 11.7 Å². The highest BCUT2D eigenvalue weighted by Crippen LogP contribution is 2.33. The lowest BCUT2D eigenvalue weighted by molar-refractivity contribution is 0.0697. The van der Waals surface area contributed by atoms with Crippen LogP contribution in [0.15, 0.2) is 54.9 Å². The number of pyridine rings is 1. The Morgan fingerprint density at radius 1 is 1.21 bits per heavy atom. The second-order valence-electron chi connectivity index (χ2n) is 9.01. The minimum atomic E-state index is -0.958. The fraction of sp³-hybridized carbons (Fsp3) is 0.333. The van der Waals surface area contributed by atoms with Gasteiger partial charge < -0.3 is 20.5 Å². The van der Waals surface area contributed by atoms with Crippen LogP contribution in [0.4, 0.5) is 5.69 Å². The molecule has 0 bridgehead atoms. The molecule has 0 amide bonds. The van der Waals surface area contributed by atoms with E-state index in [1.165, 1.54) is 52.9 Å². The Balaban J connectivity index is 1.32. The van der Waals surface area contributed by atoms with Crippen LogP contribution in [0.5, 0.6) is 5.75 Å². The number of carboxylic acid groups (broad SMARTS) is 1. The van der Waals surface area contributed by atoms with Gasteiger partial charge >= 0.3 is 5.97 Å². The van der Waals surface area contributed by atoms with E-state index in [1.807, 2.05) is 0 Å². The number of hydrogen-bond acceptors (Lipinski definition) is 5. The Kier molecular flexibility index (Phi) is 6.01. The third-order valence-corrected chi connectivity index (χ3v) is 6.54. The number of nitrogens with one attached hydrogen (secondary N) is 2. The highest BCUT2D eigenvalue weighted by atomic mass is 16.5. The molecule has 3 aromatic rings. The number of rotatable bonds is 8. The van der Waals surface area contributed by atoms with E-state index in [4.69, 9.17) is 4.74 Å².